The fraction of sp³-hybridized carbons (Fsp3) is 0.130. The summed E-state index contributed by atoms with van der Waals surface area (Å²) in [6.45, 7) is 15.7. The standard InChI is InChI=1S/C23H21FO4/c1-13(2)19-11-16(7-10-21(19)28-23(26)15(5)6)18-9-8-17(12-20(18)24)27-22(25)14(3)4/h7-12H,1,3,5H2,2,4,6H3. The first-order valence-corrected chi connectivity index (χ1v) is 8.45. The van der Waals surface area contributed by atoms with Gasteiger partial charge in [0.05, 0.1) is 0 Å². The van der Waals surface area contributed by atoms with Gasteiger partial charge in [-0.2, -0.15) is 0 Å². The molecule has 0 bridgehead atoms. The minimum absolute atomic E-state index is 0.0846. The van der Waals surface area contributed by atoms with E-state index in [0.717, 1.165) is 6.07 Å². The highest BCUT2D eigenvalue weighted by molar-refractivity contribution is 5.90. The van der Waals surface area contributed by atoms with Crippen LogP contribution < -0.4 is 9.47 Å². The van der Waals surface area contributed by atoms with Crippen molar-refractivity contribution in [3.63, 3.8) is 0 Å². The smallest absolute Gasteiger partial charge is 0.338 e. The first kappa shape index (κ1) is 20.8. The van der Waals surface area contributed by atoms with Crippen LogP contribution in [0.5, 0.6) is 11.5 Å². The van der Waals surface area contributed by atoms with Crippen molar-refractivity contribution in [2.24, 2.45) is 0 Å². The number of halogens is 1. The van der Waals surface area contributed by atoms with Gasteiger partial charge in [-0.15, -0.1) is 0 Å². The van der Waals surface area contributed by atoms with Gasteiger partial charge in [0, 0.05) is 28.3 Å². The number of hydrogen-bond acceptors (Lipinski definition) is 4. The number of esters is 2. The molecule has 0 saturated carbocycles. The van der Waals surface area contributed by atoms with E-state index in [1.54, 1.807) is 32.0 Å². The molecule has 0 amide bonds. The van der Waals surface area contributed by atoms with Crippen molar-refractivity contribution in [2.75, 3.05) is 0 Å². The molecule has 0 unspecified atom stereocenters. The van der Waals surface area contributed by atoms with Crippen molar-refractivity contribution in [3.05, 3.63) is 78.7 Å². The molecule has 5 heteroatoms. The monoisotopic (exact) mass is 380 g/mol. The van der Waals surface area contributed by atoms with Gasteiger partial charge in [0.1, 0.15) is 17.3 Å². The molecule has 2 aromatic carbocycles. The van der Waals surface area contributed by atoms with Crippen LogP contribution in [0.4, 0.5) is 4.39 Å². The van der Waals surface area contributed by atoms with Crippen molar-refractivity contribution in [2.45, 2.75) is 20.8 Å². The summed E-state index contributed by atoms with van der Waals surface area (Å²) in [5, 5.41) is 0. The van der Waals surface area contributed by atoms with Crippen LogP contribution in [-0.2, 0) is 9.59 Å². The maximum atomic E-state index is 14.6. The number of carbonyl (C=O) groups excluding carboxylic acids is 2. The number of carbonyl (C=O) groups is 2. The lowest BCUT2D eigenvalue weighted by Gasteiger charge is -2.13. The fourth-order valence-electron chi connectivity index (χ4n) is 2.29. The van der Waals surface area contributed by atoms with Gasteiger partial charge < -0.3 is 9.47 Å². The van der Waals surface area contributed by atoms with Gasteiger partial charge in [-0.05, 0) is 56.2 Å². The summed E-state index contributed by atoms with van der Waals surface area (Å²) < 4.78 is 25.0. The van der Waals surface area contributed by atoms with Crippen molar-refractivity contribution in [1.29, 1.82) is 0 Å². The van der Waals surface area contributed by atoms with Crippen molar-refractivity contribution >= 4 is 17.5 Å². The average molecular weight is 380 g/mol. The van der Waals surface area contributed by atoms with Gasteiger partial charge >= 0.3 is 11.9 Å². The zero-order valence-electron chi connectivity index (χ0n) is 16.1. The lowest BCUT2D eigenvalue weighted by atomic mass is 9.99. The van der Waals surface area contributed by atoms with E-state index in [2.05, 4.69) is 19.7 Å². The molecule has 0 saturated heterocycles. The molecular weight excluding hydrogens is 359 g/mol. The Bertz CT molecular complexity index is 1000. The molecule has 0 aliphatic rings. The molecule has 0 aliphatic carbocycles. The zero-order chi connectivity index (χ0) is 21.0. The molecule has 0 aromatic heterocycles. The third kappa shape index (κ3) is 4.82. The highest BCUT2D eigenvalue weighted by Gasteiger charge is 2.15. The Morgan fingerprint density at radius 2 is 1.46 bits per heavy atom. The Kier molecular flexibility index (Phi) is 6.31. The number of rotatable bonds is 6. The van der Waals surface area contributed by atoms with Crippen molar-refractivity contribution in [3.8, 4) is 22.6 Å². The van der Waals surface area contributed by atoms with Gasteiger partial charge in [-0.1, -0.05) is 25.8 Å². The van der Waals surface area contributed by atoms with Crippen molar-refractivity contribution < 1.29 is 23.5 Å². The van der Waals surface area contributed by atoms with E-state index < -0.39 is 17.8 Å². The molecule has 28 heavy (non-hydrogen) atoms. The minimum atomic E-state index is -0.625. The lowest BCUT2D eigenvalue weighted by molar-refractivity contribution is -0.130. The van der Waals surface area contributed by atoms with Crippen LogP contribution in [0.1, 0.15) is 26.3 Å². The minimum Gasteiger partial charge on any atom is -0.423 e. The molecule has 2 rings (SSSR count). The zero-order valence-corrected chi connectivity index (χ0v) is 16.1. The largest absolute Gasteiger partial charge is 0.423 e. The van der Waals surface area contributed by atoms with Crippen LogP contribution in [-0.4, -0.2) is 11.9 Å². The van der Waals surface area contributed by atoms with Gasteiger partial charge in [-0.25, -0.2) is 14.0 Å². The highest BCUT2D eigenvalue weighted by atomic mass is 19.1. The topological polar surface area (TPSA) is 52.6 Å². The highest BCUT2D eigenvalue weighted by Crippen LogP contribution is 2.33. The molecule has 0 radical (unpaired) electrons. The van der Waals surface area contributed by atoms with Crippen LogP contribution in [0.3, 0.4) is 0 Å². The first-order chi connectivity index (χ1) is 13.1. The summed E-state index contributed by atoms with van der Waals surface area (Å²) in [7, 11) is 0. The van der Waals surface area contributed by atoms with Gasteiger partial charge in [-0.3, -0.25) is 0 Å². The van der Waals surface area contributed by atoms with Gasteiger partial charge in [0.2, 0.25) is 0 Å². The van der Waals surface area contributed by atoms with E-state index in [1.807, 2.05) is 0 Å². The maximum absolute atomic E-state index is 14.6. The molecule has 0 aliphatic heterocycles. The number of hydrogen-bond donors (Lipinski definition) is 0. The quantitative estimate of drug-likeness (QED) is 0.378. The Balaban J connectivity index is 2.40. The van der Waals surface area contributed by atoms with E-state index in [-0.39, 0.29) is 16.9 Å². The summed E-state index contributed by atoms with van der Waals surface area (Å²) in [6.07, 6.45) is 0. The Labute approximate surface area is 163 Å². The summed E-state index contributed by atoms with van der Waals surface area (Å²) in [5.41, 5.74) is 2.57. The number of allylic oxidation sites excluding steroid dienone is 1. The maximum Gasteiger partial charge on any atom is 0.338 e. The third-order valence-electron chi connectivity index (χ3n) is 3.80. The molecule has 0 heterocycles. The average Bonchev–Trinajstić information content (AvgIpc) is 2.61. The lowest BCUT2D eigenvalue weighted by Crippen LogP contribution is -2.09. The predicted molar refractivity (Wildman–Crippen MR) is 107 cm³/mol. The summed E-state index contributed by atoms with van der Waals surface area (Å²) in [5.74, 6) is -1.34. The second kappa shape index (κ2) is 8.48. The molecule has 2 aromatic rings. The van der Waals surface area contributed by atoms with Crippen LogP contribution in [0.15, 0.2) is 67.3 Å². The summed E-state index contributed by atoms with van der Waals surface area (Å²) >= 11 is 0. The molecule has 144 valence electrons. The van der Waals surface area contributed by atoms with Crippen molar-refractivity contribution in [1.82, 2.24) is 0 Å². The van der Waals surface area contributed by atoms with Crippen LogP contribution in [0.25, 0.3) is 16.7 Å². The number of benzene rings is 2. The van der Waals surface area contributed by atoms with E-state index in [0.29, 0.717) is 28.0 Å². The fourth-order valence-corrected chi connectivity index (χ4v) is 2.29. The Morgan fingerprint density at radius 1 is 0.857 bits per heavy atom. The number of ether oxygens (including phenoxy) is 2. The van der Waals surface area contributed by atoms with Crippen LogP contribution in [0, 0.1) is 5.82 Å². The van der Waals surface area contributed by atoms with E-state index in [9.17, 15) is 14.0 Å². The Morgan fingerprint density at radius 3 is 2.00 bits per heavy atom. The third-order valence-corrected chi connectivity index (χ3v) is 3.80. The van der Waals surface area contributed by atoms with Gasteiger partial charge in [0.25, 0.3) is 0 Å². The Hall–Kier alpha value is -3.47. The SMILES string of the molecule is C=C(C)C(=O)Oc1ccc(-c2ccc(OC(=O)C(=C)C)c(C(=C)C)c2)c(F)c1. The van der Waals surface area contributed by atoms with Crippen LogP contribution in [0.2, 0.25) is 0 Å². The summed E-state index contributed by atoms with van der Waals surface area (Å²) in [6, 6.07) is 9.02. The molecule has 0 N–H and O–H groups in total. The molecule has 4 nitrogen and oxygen atoms in total. The second-order valence-electron chi connectivity index (χ2n) is 6.47. The normalized spacial score (nSPS) is 10.1. The summed E-state index contributed by atoms with van der Waals surface area (Å²) in [4.78, 5) is 23.4. The molecule has 0 spiro atoms. The molecule has 0 fully saturated rings. The first-order valence-electron chi connectivity index (χ1n) is 8.45. The van der Waals surface area contributed by atoms with Crippen LogP contribution >= 0.6 is 0 Å². The second-order valence-corrected chi connectivity index (χ2v) is 6.47. The van der Waals surface area contributed by atoms with E-state index >= 15 is 0 Å². The van der Waals surface area contributed by atoms with Gasteiger partial charge in [0.15, 0.2) is 0 Å². The molecule has 0 atom stereocenters. The molecular formula is C23H21FO4. The van der Waals surface area contributed by atoms with E-state index in [1.165, 1.54) is 19.1 Å². The predicted octanol–water partition coefficient (Wildman–Crippen LogP) is 5.49. The van der Waals surface area contributed by atoms with E-state index in [4.69, 9.17) is 9.47 Å².